The Hall–Kier alpha value is -2.44. The molecule has 0 bridgehead atoms. The van der Waals surface area contributed by atoms with Gasteiger partial charge < -0.3 is 14.6 Å². The summed E-state index contributed by atoms with van der Waals surface area (Å²) in [6, 6.07) is 3.26. The Morgan fingerprint density at radius 1 is 1.16 bits per heavy atom. The van der Waals surface area contributed by atoms with E-state index < -0.39 is 35.2 Å². The number of carbonyl (C=O) groups excluding carboxylic acids is 2. The third-order valence-electron chi connectivity index (χ3n) is 2.44. The third kappa shape index (κ3) is 2.87. The van der Waals surface area contributed by atoms with E-state index in [0.29, 0.717) is 0 Å². The number of aromatic carboxylic acids is 1. The smallest absolute Gasteiger partial charge is 0.339 e. The minimum atomic E-state index is -1.64. The molecule has 0 radical (unpaired) electrons. The summed E-state index contributed by atoms with van der Waals surface area (Å²) in [5, 5.41) is 8.96. The summed E-state index contributed by atoms with van der Waals surface area (Å²) in [6.45, 7) is 0. The van der Waals surface area contributed by atoms with Crippen molar-refractivity contribution in [2.24, 2.45) is 0 Å². The molecular formula is C12H11FO6. The lowest BCUT2D eigenvalue weighted by molar-refractivity contribution is -0.154. The van der Waals surface area contributed by atoms with Crippen molar-refractivity contribution in [2.45, 2.75) is 5.92 Å². The highest BCUT2D eigenvalue weighted by molar-refractivity contribution is 6.04. The van der Waals surface area contributed by atoms with Crippen LogP contribution in [0.2, 0.25) is 0 Å². The lowest BCUT2D eigenvalue weighted by Crippen LogP contribution is -2.26. The molecule has 102 valence electrons. The van der Waals surface area contributed by atoms with Crippen LogP contribution in [0.1, 0.15) is 21.8 Å². The van der Waals surface area contributed by atoms with E-state index in [1.54, 1.807) is 0 Å². The molecule has 1 rings (SSSR count). The summed E-state index contributed by atoms with van der Waals surface area (Å²) < 4.78 is 22.3. The lowest BCUT2D eigenvalue weighted by atomic mass is 9.93. The molecule has 0 amide bonds. The highest BCUT2D eigenvalue weighted by atomic mass is 19.1. The molecule has 0 aliphatic heterocycles. The molecule has 0 saturated heterocycles. The second-order valence-corrected chi connectivity index (χ2v) is 3.49. The number of methoxy groups -OCH3 is 2. The Kier molecular flexibility index (Phi) is 4.57. The van der Waals surface area contributed by atoms with E-state index in [2.05, 4.69) is 9.47 Å². The van der Waals surface area contributed by atoms with Gasteiger partial charge in [0.2, 0.25) is 0 Å². The monoisotopic (exact) mass is 270 g/mol. The predicted molar refractivity (Wildman–Crippen MR) is 60.1 cm³/mol. The first-order valence-corrected chi connectivity index (χ1v) is 5.11. The van der Waals surface area contributed by atoms with E-state index in [9.17, 15) is 18.8 Å². The molecule has 1 aromatic rings. The fourth-order valence-corrected chi connectivity index (χ4v) is 1.59. The highest BCUT2D eigenvalue weighted by Crippen LogP contribution is 2.25. The molecule has 1 N–H and O–H groups in total. The van der Waals surface area contributed by atoms with Gasteiger partial charge in [0.15, 0.2) is 5.92 Å². The number of carboxylic acids is 1. The summed E-state index contributed by atoms with van der Waals surface area (Å²) in [4.78, 5) is 34.1. The van der Waals surface area contributed by atoms with Crippen molar-refractivity contribution in [1.29, 1.82) is 0 Å². The van der Waals surface area contributed by atoms with Crippen molar-refractivity contribution >= 4 is 17.9 Å². The van der Waals surface area contributed by atoms with Gasteiger partial charge in [-0.3, -0.25) is 9.59 Å². The zero-order chi connectivity index (χ0) is 14.6. The van der Waals surface area contributed by atoms with Gasteiger partial charge >= 0.3 is 17.9 Å². The van der Waals surface area contributed by atoms with Gasteiger partial charge in [0.1, 0.15) is 5.82 Å². The number of hydrogen-bond acceptors (Lipinski definition) is 5. The van der Waals surface area contributed by atoms with Gasteiger partial charge in [0, 0.05) is 0 Å². The van der Waals surface area contributed by atoms with Crippen LogP contribution in [0.4, 0.5) is 4.39 Å². The summed E-state index contributed by atoms with van der Waals surface area (Å²) in [7, 11) is 2.05. The number of ether oxygens (including phenoxy) is 2. The lowest BCUT2D eigenvalue weighted by Gasteiger charge is -2.15. The maximum Gasteiger partial charge on any atom is 0.339 e. The number of hydrogen-bond donors (Lipinski definition) is 1. The molecule has 0 unspecified atom stereocenters. The van der Waals surface area contributed by atoms with Crippen molar-refractivity contribution in [3.8, 4) is 0 Å². The average Bonchev–Trinajstić information content (AvgIpc) is 2.38. The minimum absolute atomic E-state index is 0.314. The van der Waals surface area contributed by atoms with Crippen molar-refractivity contribution in [3.05, 3.63) is 35.1 Å². The first-order chi connectivity index (χ1) is 8.93. The highest BCUT2D eigenvalue weighted by Gasteiger charge is 2.35. The largest absolute Gasteiger partial charge is 0.478 e. The first kappa shape index (κ1) is 14.6. The van der Waals surface area contributed by atoms with Crippen molar-refractivity contribution in [1.82, 2.24) is 0 Å². The van der Waals surface area contributed by atoms with Crippen LogP contribution in [0.3, 0.4) is 0 Å². The molecule has 0 aliphatic rings. The molecule has 0 aliphatic carbocycles. The van der Waals surface area contributed by atoms with Gasteiger partial charge in [-0.25, -0.2) is 9.18 Å². The average molecular weight is 270 g/mol. The number of halogens is 1. The maximum atomic E-state index is 13.5. The van der Waals surface area contributed by atoms with Crippen molar-refractivity contribution < 1.29 is 33.4 Å². The summed E-state index contributed by atoms with van der Waals surface area (Å²) in [6.07, 6.45) is 0. The minimum Gasteiger partial charge on any atom is -0.478 e. The first-order valence-electron chi connectivity index (χ1n) is 5.11. The molecule has 0 saturated carbocycles. The predicted octanol–water partition coefficient (Wildman–Crippen LogP) is 0.954. The van der Waals surface area contributed by atoms with E-state index in [0.717, 1.165) is 26.4 Å². The molecule has 0 atom stereocenters. The van der Waals surface area contributed by atoms with Gasteiger partial charge in [-0.1, -0.05) is 12.1 Å². The molecular weight excluding hydrogens is 259 g/mol. The molecule has 19 heavy (non-hydrogen) atoms. The normalized spacial score (nSPS) is 10.1. The van der Waals surface area contributed by atoms with Crippen LogP contribution >= 0.6 is 0 Å². The molecule has 0 aromatic heterocycles. The zero-order valence-corrected chi connectivity index (χ0v) is 10.2. The molecule has 0 fully saturated rings. The number of carboxylic acid groups (broad SMARTS) is 1. The van der Waals surface area contributed by atoms with E-state index in [1.165, 1.54) is 6.07 Å². The Labute approximate surface area is 107 Å². The zero-order valence-electron chi connectivity index (χ0n) is 10.2. The van der Waals surface area contributed by atoms with Gasteiger partial charge in [0.25, 0.3) is 0 Å². The summed E-state index contributed by atoms with van der Waals surface area (Å²) in [5.74, 6) is -6.34. The van der Waals surface area contributed by atoms with Crippen LogP contribution in [-0.2, 0) is 19.1 Å². The van der Waals surface area contributed by atoms with Crippen LogP contribution < -0.4 is 0 Å². The molecule has 7 heteroatoms. The Morgan fingerprint density at radius 2 is 1.68 bits per heavy atom. The third-order valence-corrected chi connectivity index (χ3v) is 2.44. The van der Waals surface area contributed by atoms with Gasteiger partial charge in [-0.05, 0) is 11.6 Å². The fraction of sp³-hybridized carbons (Fsp3) is 0.250. The number of esters is 2. The van der Waals surface area contributed by atoms with Gasteiger partial charge in [0.05, 0.1) is 19.8 Å². The second kappa shape index (κ2) is 5.94. The maximum absolute atomic E-state index is 13.5. The van der Waals surface area contributed by atoms with Crippen LogP contribution in [0.5, 0.6) is 0 Å². The Bertz CT molecular complexity index is 509. The SMILES string of the molecule is COC(=O)C(C(=O)OC)c1cccc(F)c1C(=O)O. The van der Waals surface area contributed by atoms with Gasteiger partial charge in [-0.15, -0.1) is 0 Å². The Balaban J connectivity index is 3.46. The van der Waals surface area contributed by atoms with E-state index in [-0.39, 0.29) is 5.56 Å². The topological polar surface area (TPSA) is 89.9 Å². The molecule has 0 spiro atoms. The molecule has 1 aromatic carbocycles. The summed E-state index contributed by atoms with van der Waals surface area (Å²) >= 11 is 0. The van der Waals surface area contributed by atoms with Crippen molar-refractivity contribution in [3.63, 3.8) is 0 Å². The summed E-state index contributed by atoms with van der Waals surface area (Å²) in [5.41, 5.74) is -1.07. The van der Waals surface area contributed by atoms with E-state index >= 15 is 0 Å². The standard InChI is InChI=1S/C12H11FO6/c1-18-11(16)9(12(17)19-2)6-4-3-5-7(13)8(6)10(14)15/h3-5,9H,1-2H3,(H,14,15). The number of benzene rings is 1. The van der Waals surface area contributed by atoms with E-state index in [1.807, 2.05) is 0 Å². The number of carbonyl (C=O) groups is 3. The van der Waals surface area contributed by atoms with Crippen LogP contribution in [0, 0.1) is 5.82 Å². The molecule has 6 nitrogen and oxygen atoms in total. The van der Waals surface area contributed by atoms with Crippen LogP contribution in [0.25, 0.3) is 0 Å². The molecule has 0 heterocycles. The van der Waals surface area contributed by atoms with Crippen LogP contribution in [0.15, 0.2) is 18.2 Å². The number of rotatable bonds is 4. The van der Waals surface area contributed by atoms with Gasteiger partial charge in [-0.2, -0.15) is 0 Å². The fourth-order valence-electron chi connectivity index (χ4n) is 1.59. The van der Waals surface area contributed by atoms with Crippen LogP contribution in [-0.4, -0.2) is 37.2 Å². The van der Waals surface area contributed by atoms with Crippen molar-refractivity contribution in [2.75, 3.05) is 14.2 Å². The van der Waals surface area contributed by atoms with E-state index in [4.69, 9.17) is 5.11 Å². The Morgan fingerprint density at radius 3 is 2.11 bits per heavy atom. The quantitative estimate of drug-likeness (QED) is 0.647. The second-order valence-electron chi connectivity index (χ2n) is 3.49.